The number of hydrogen-bond donors (Lipinski definition) is 2. The second-order valence-corrected chi connectivity index (χ2v) is 8.29. The highest BCUT2D eigenvalue weighted by atomic mass is 32.2. The summed E-state index contributed by atoms with van der Waals surface area (Å²) in [5.74, 6) is -1.01. The topological polar surface area (TPSA) is 136 Å². The molecule has 3 N–H and O–H groups in total. The normalized spacial score (nSPS) is 10.7. The van der Waals surface area contributed by atoms with Gasteiger partial charge in [0.15, 0.2) is 0 Å². The van der Waals surface area contributed by atoms with Crippen molar-refractivity contribution in [2.24, 2.45) is 10.1 Å². The van der Waals surface area contributed by atoms with Gasteiger partial charge in [-0.15, -0.1) is 6.58 Å². The van der Waals surface area contributed by atoms with Gasteiger partial charge in [0.2, 0.25) is 0 Å². The van der Waals surface area contributed by atoms with Crippen molar-refractivity contribution in [2.45, 2.75) is 13.5 Å². The SMILES string of the molecule is C=C/C=C(\C)c1cc(N(Cc2ccc(OS(N)(=O)=O)cc2F)N(C=N)C=NC)ccc1C#N.C=CCF.CF. The van der Waals surface area contributed by atoms with Gasteiger partial charge >= 0.3 is 10.3 Å². The van der Waals surface area contributed by atoms with Gasteiger partial charge in [0, 0.05) is 18.7 Å². The number of anilines is 1. The molecule has 0 fully saturated rings. The van der Waals surface area contributed by atoms with Crippen LogP contribution in [-0.2, 0) is 16.8 Å². The lowest BCUT2D eigenvalue weighted by atomic mass is 10.00. The van der Waals surface area contributed by atoms with Crippen molar-refractivity contribution < 1.29 is 25.8 Å². The number of aliphatic imine (C=N–C) groups is 1. The van der Waals surface area contributed by atoms with Gasteiger partial charge in [-0.3, -0.25) is 19.8 Å². The standard InChI is InChI=1S/C22H23FN6O3S.C3H5F.CH3F/c1-4-5-16(2)21-10-19(8-6-17(21)12-24)29(28(14-25)15-27-3)13-18-7-9-20(11-22(18)23)32-33(26,30)31;1-2-3-4;1-2/h4-11,14-15,25H,1,13H2,2-3H3,(H2,26,30,31);2H,1,3H2;1H3/b16-5+,25-14?,27-15?;;. The number of halogens is 3. The lowest BCUT2D eigenvalue weighted by molar-refractivity contribution is 0.482. The van der Waals surface area contributed by atoms with Gasteiger partial charge in [0.1, 0.15) is 30.9 Å². The molecular formula is C26H31F3N6O3S. The van der Waals surface area contributed by atoms with Crippen LogP contribution in [0.2, 0.25) is 0 Å². The summed E-state index contributed by atoms with van der Waals surface area (Å²) >= 11 is 0. The molecule has 0 aromatic heterocycles. The number of nitriles is 1. The average Bonchev–Trinajstić information content (AvgIpc) is 2.91. The van der Waals surface area contributed by atoms with Gasteiger partial charge in [-0.05, 0) is 42.3 Å². The third-order valence-electron chi connectivity index (χ3n) is 4.53. The Morgan fingerprint density at radius 3 is 2.36 bits per heavy atom. The van der Waals surface area contributed by atoms with Crippen molar-refractivity contribution in [1.82, 2.24) is 5.01 Å². The Balaban J connectivity index is 0.00000220. The molecule has 0 amide bonds. The molecule has 0 aliphatic heterocycles. The Labute approximate surface area is 227 Å². The number of hydrazine groups is 1. The highest BCUT2D eigenvalue weighted by Gasteiger charge is 2.18. The predicted octanol–water partition coefficient (Wildman–Crippen LogP) is 5.09. The van der Waals surface area contributed by atoms with Gasteiger partial charge < -0.3 is 4.18 Å². The molecule has 0 unspecified atom stereocenters. The number of nitrogens with one attached hydrogen (secondary N) is 1. The summed E-state index contributed by atoms with van der Waals surface area (Å²) in [6.45, 7) is 8.14. The van der Waals surface area contributed by atoms with Crippen LogP contribution in [0.3, 0.4) is 0 Å². The molecule has 0 aliphatic rings. The molecule has 0 saturated carbocycles. The van der Waals surface area contributed by atoms with Crippen molar-refractivity contribution in [2.75, 3.05) is 25.9 Å². The lowest BCUT2D eigenvalue weighted by Crippen LogP contribution is -2.40. The van der Waals surface area contributed by atoms with Crippen molar-refractivity contribution in [1.29, 1.82) is 10.7 Å². The minimum absolute atomic E-state index is 0.0571. The van der Waals surface area contributed by atoms with E-state index >= 15 is 0 Å². The van der Waals surface area contributed by atoms with E-state index in [1.807, 2.05) is 6.92 Å². The average molecular weight is 565 g/mol. The maximum absolute atomic E-state index is 14.8. The quantitative estimate of drug-likeness (QED) is 0.128. The molecular weight excluding hydrogens is 533 g/mol. The Morgan fingerprint density at radius 2 is 1.90 bits per heavy atom. The molecule has 39 heavy (non-hydrogen) atoms. The zero-order valence-electron chi connectivity index (χ0n) is 21.8. The van der Waals surface area contributed by atoms with E-state index in [-0.39, 0.29) is 17.9 Å². The minimum atomic E-state index is -4.29. The number of nitrogens with zero attached hydrogens (tertiary/aromatic N) is 4. The van der Waals surface area contributed by atoms with Gasteiger partial charge in [-0.2, -0.15) is 18.8 Å². The smallest absolute Gasteiger partial charge is 0.371 e. The Hall–Kier alpha value is -4.41. The van der Waals surface area contributed by atoms with Crippen molar-refractivity contribution in [3.63, 3.8) is 0 Å². The fourth-order valence-corrected chi connectivity index (χ4v) is 3.35. The Kier molecular flexibility index (Phi) is 15.9. The Bertz CT molecular complexity index is 1320. The van der Waals surface area contributed by atoms with Crippen LogP contribution < -0.4 is 14.3 Å². The maximum Gasteiger partial charge on any atom is 0.380 e. The van der Waals surface area contributed by atoms with Crippen LogP contribution in [0.25, 0.3) is 5.57 Å². The van der Waals surface area contributed by atoms with E-state index in [9.17, 15) is 26.9 Å². The highest BCUT2D eigenvalue weighted by molar-refractivity contribution is 7.84. The largest absolute Gasteiger partial charge is 0.380 e. The van der Waals surface area contributed by atoms with E-state index < -0.39 is 22.8 Å². The van der Waals surface area contributed by atoms with Gasteiger partial charge in [0.25, 0.3) is 0 Å². The first-order valence-corrected chi connectivity index (χ1v) is 12.4. The summed E-state index contributed by atoms with van der Waals surface area (Å²) in [4.78, 5) is 3.93. The molecule has 2 rings (SSSR count). The molecule has 0 radical (unpaired) electrons. The van der Waals surface area contributed by atoms with E-state index in [0.717, 1.165) is 18.0 Å². The molecule has 0 atom stereocenters. The summed E-state index contributed by atoms with van der Waals surface area (Å²) in [6, 6.07) is 10.7. The Morgan fingerprint density at radius 1 is 1.26 bits per heavy atom. The van der Waals surface area contributed by atoms with Gasteiger partial charge in [-0.1, -0.05) is 30.9 Å². The number of allylic oxidation sites excluding steroid dienone is 4. The van der Waals surface area contributed by atoms with Crippen LogP contribution in [0.1, 0.15) is 23.6 Å². The first-order chi connectivity index (χ1) is 18.5. The molecule has 13 heteroatoms. The third-order valence-corrected chi connectivity index (χ3v) is 4.95. The fourth-order valence-electron chi connectivity index (χ4n) is 2.98. The number of benzene rings is 2. The minimum Gasteiger partial charge on any atom is -0.371 e. The van der Waals surface area contributed by atoms with Crippen molar-refractivity contribution in [3.05, 3.63) is 90.3 Å². The molecule has 0 heterocycles. The molecule has 2 aromatic rings. The van der Waals surface area contributed by atoms with E-state index in [4.69, 9.17) is 10.5 Å². The third kappa shape index (κ3) is 11.7. The molecule has 0 saturated heterocycles. The molecule has 0 spiro atoms. The van der Waals surface area contributed by atoms with Crippen molar-refractivity contribution in [3.8, 4) is 11.8 Å². The number of nitrogens with two attached hydrogens (primary N) is 1. The van der Waals surface area contributed by atoms with Gasteiger partial charge in [0.05, 0.1) is 31.0 Å². The van der Waals surface area contributed by atoms with E-state index in [1.54, 1.807) is 35.4 Å². The summed E-state index contributed by atoms with van der Waals surface area (Å²) in [6.07, 6.45) is 6.94. The van der Waals surface area contributed by atoms with Crippen LogP contribution >= 0.6 is 0 Å². The molecule has 2 aromatic carbocycles. The number of alkyl halides is 2. The zero-order valence-corrected chi connectivity index (χ0v) is 22.6. The first-order valence-electron chi connectivity index (χ1n) is 10.9. The summed E-state index contributed by atoms with van der Waals surface area (Å²) in [7, 11) is -2.27. The van der Waals surface area contributed by atoms with Crippen molar-refractivity contribution >= 4 is 34.2 Å². The van der Waals surface area contributed by atoms with E-state index in [0.29, 0.717) is 24.0 Å². The first kappa shape index (κ1) is 34.6. The highest BCUT2D eigenvalue weighted by Crippen LogP contribution is 2.28. The van der Waals surface area contributed by atoms with Crippen LogP contribution in [-0.4, -0.2) is 47.0 Å². The fraction of sp³-hybridized carbons (Fsp3) is 0.192. The van der Waals surface area contributed by atoms with Crippen LogP contribution in [0.4, 0.5) is 18.9 Å². The monoisotopic (exact) mass is 564 g/mol. The van der Waals surface area contributed by atoms with E-state index in [1.165, 1.54) is 36.6 Å². The zero-order chi connectivity index (χ0) is 30.0. The van der Waals surface area contributed by atoms with E-state index in [2.05, 4.69) is 28.4 Å². The van der Waals surface area contributed by atoms with Crippen LogP contribution in [0, 0.1) is 22.6 Å². The lowest BCUT2D eigenvalue weighted by Gasteiger charge is -2.32. The maximum atomic E-state index is 14.8. The second kappa shape index (κ2) is 17.9. The van der Waals surface area contributed by atoms with Crippen LogP contribution in [0.5, 0.6) is 5.75 Å². The van der Waals surface area contributed by atoms with Gasteiger partial charge in [-0.25, -0.2) is 13.8 Å². The number of rotatable bonds is 11. The second-order valence-electron chi connectivity index (χ2n) is 7.14. The molecule has 0 aliphatic carbocycles. The molecule has 210 valence electrons. The summed E-state index contributed by atoms with van der Waals surface area (Å²) in [5.41, 5.74) is 2.61. The van der Waals surface area contributed by atoms with Crippen LogP contribution in [0.15, 0.2) is 72.8 Å². The number of hydrogen-bond acceptors (Lipinski definition) is 7. The summed E-state index contributed by atoms with van der Waals surface area (Å²) < 4.78 is 61.6. The predicted molar refractivity (Wildman–Crippen MR) is 150 cm³/mol. The molecule has 9 nitrogen and oxygen atoms in total. The molecule has 0 bridgehead atoms. The summed E-state index contributed by atoms with van der Waals surface area (Å²) in [5, 5.41) is 25.0.